The zero-order valence-corrected chi connectivity index (χ0v) is 17.0. The Kier molecular flexibility index (Phi) is 6.36. The Morgan fingerprint density at radius 3 is 2.45 bits per heavy atom. The Labute approximate surface area is 178 Å². The summed E-state index contributed by atoms with van der Waals surface area (Å²) in [6.07, 6.45) is 1.30. The number of benzene rings is 3. The van der Waals surface area contributed by atoms with Crippen molar-refractivity contribution in [2.75, 3.05) is 17.3 Å². The minimum Gasteiger partial charge on any atom is -0.507 e. The van der Waals surface area contributed by atoms with Gasteiger partial charge in [0.25, 0.3) is 15.7 Å². The summed E-state index contributed by atoms with van der Waals surface area (Å²) in [5.41, 5.74) is 2.82. The van der Waals surface area contributed by atoms with Gasteiger partial charge in [-0.05, 0) is 42.5 Å². The zero-order chi connectivity index (χ0) is 22.4. The van der Waals surface area contributed by atoms with Crippen molar-refractivity contribution < 1.29 is 23.2 Å². The Morgan fingerprint density at radius 1 is 1.10 bits per heavy atom. The number of nitro benzene ring substituents is 1. The van der Waals surface area contributed by atoms with Crippen LogP contribution in [0.3, 0.4) is 0 Å². The molecule has 160 valence electrons. The highest BCUT2D eigenvalue weighted by molar-refractivity contribution is 7.92. The van der Waals surface area contributed by atoms with Crippen LogP contribution < -0.4 is 14.9 Å². The third-order valence-electron chi connectivity index (χ3n) is 4.13. The number of non-ortho nitro benzene ring substituents is 1. The predicted octanol–water partition coefficient (Wildman–Crippen LogP) is 3.56. The van der Waals surface area contributed by atoms with E-state index in [9.17, 15) is 23.6 Å². The van der Waals surface area contributed by atoms with Crippen molar-refractivity contribution in [1.29, 1.82) is 0 Å². The molecule has 11 heteroatoms. The number of ether oxygens (including phenoxy) is 1. The molecule has 0 bridgehead atoms. The molecule has 0 saturated carbocycles. The van der Waals surface area contributed by atoms with Crippen LogP contribution in [0, 0.1) is 10.1 Å². The van der Waals surface area contributed by atoms with Crippen LogP contribution in [-0.4, -0.2) is 31.8 Å². The molecule has 0 saturated heterocycles. The second kappa shape index (κ2) is 9.13. The van der Waals surface area contributed by atoms with E-state index in [4.69, 9.17) is 4.74 Å². The van der Waals surface area contributed by atoms with Crippen molar-refractivity contribution in [2.45, 2.75) is 4.90 Å². The zero-order valence-electron chi connectivity index (χ0n) is 16.2. The molecule has 0 spiro atoms. The lowest BCUT2D eigenvalue weighted by atomic mass is 10.2. The van der Waals surface area contributed by atoms with Crippen molar-refractivity contribution in [3.05, 3.63) is 82.4 Å². The van der Waals surface area contributed by atoms with Gasteiger partial charge in [0.1, 0.15) is 16.4 Å². The quantitative estimate of drug-likeness (QED) is 0.275. The number of nitrogens with one attached hydrogen (secondary N) is 2. The predicted molar refractivity (Wildman–Crippen MR) is 116 cm³/mol. The van der Waals surface area contributed by atoms with E-state index in [0.717, 1.165) is 12.1 Å². The van der Waals surface area contributed by atoms with Gasteiger partial charge >= 0.3 is 0 Å². The number of hydrogen-bond acceptors (Lipinski definition) is 8. The molecule has 0 heterocycles. The molecule has 0 amide bonds. The molecule has 0 aromatic heterocycles. The molecule has 3 N–H and O–H groups in total. The van der Waals surface area contributed by atoms with E-state index in [2.05, 4.69) is 15.2 Å². The van der Waals surface area contributed by atoms with Gasteiger partial charge in [-0.15, -0.1) is 0 Å². The molecule has 3 aromatic rings. The minimum atomic E-state index is -4.20. The number of phenolic OH excluding ortho intramolecular Hbond substituents is 1. The van der Waals surface area contributed by atoms with Crippen LogP contribution in [0.25, 0.3) is 0 Å². The van der Waals surface area contributed by atoms with Gasteiger partial charge in [0.15, 0.2) is 0 Å². The van der Waals surface area contributed by atoms with E-state index in [-0.39, 0.29) is 22.0 Å². The smallest absolute Gasteiger partial charge is 0.270 e. The van der Waals surface area contributed by atoms with E-state index < -0.39 is 20.6 Å². The molecule has 31 heavy (non-hydrogen) atoms. The van der Waals surface area contributed by atoms with Gasteiger partial charge in [0.2, 0.25) is 0 Å². The van der Waals surface area contributed by atoms with Crippen molar-refractivity contribution in [2.24, 2.45) is 5.10 Å². The van der Waals surface area contributed by atoms with Crippen molar-refractivity contribution >= 4 is 33.3 Å². The Bertz CT molecular complexity index is 1230. The van der Waals surface area contributed by atoms with Crippen LogP contribution in [0.2, 0.25) is 0 Å². The number of para-hydroxylation sites is 1. The lowest BCUT2D eigenvalue weighted by molar-refractivity contribution is -0.385. The number of rotatable bonds is 8. The third-order valence-corrected chi connectivity index (χ3v) is 5.55. The molecule has 0 fully saturated rings. The fourth-order valence-corrected chi connectivity index (χ4v) is 3.81. The molecular weight excluding hydrogens is 424 g/mol. The normalized spacial score (nSPS) is 11.3. The second-order valence-electron chi connectivity index (χ2n) is 6.20. The summed E-state index contributed by atoms with van der Waals surface area (Å²) in [5.74, 6) is 0.532. The molecule has 0 aliphatic heterocycles. The van der Waals surface area contributed by atoms with Crippen molar-refractivity contribution in [1.82, 2.24) is 0 Å². The maximum Gasteiger partial charge on any atom is 0.270 e. The lowest BCUT2D eigenvalue weighted by Crippen LogP contribution is -2.15. The average molecular weight is 442 g/mol. The number of nitro groups is 1. The summed E-state index contributed by atoms with van der Waals surface area (Å²) in [4.78, 5) is 10.1. The topological polar surface area (TPSA) is 143 Å². The number of methoxy groups -OCH3 is 1. The van der Waals surface area contributed by atoms with Crippen LogP contribution in [0.5, 0.6) is 11.5 Å². The van der Waals surface area contributed by atoms with Crippen LogP contribution in [0.15, 0.2) is 76.7 Å². The summed E-state index contributed by atoms with van der Waals surface area (Å²) in [6.45, 7) is 0. The van der Waals surface area contributed by atoms with Gasteiger partial charge in [0.05, 0.1) is 23.9 Å². The number of anilines is 2. The van der Waals surface area contributed by atoms with Gasteiger partial charge in [0, 0.05) is 23.4 Å². The standard InChI is InChI=1S/C20H18N4O6S/c1-30-17-9-6-15(7-10-17)23-31(28,29)20-12-16(24(26)27)8-11-18(20)22-21-13-14-4-2-3-5-19(14)25/h2-13,22-23,25H,1H3. The van der Waals surface area contributed by atoms with Crippen LogP contribution in [0.4, 0.5) is 17.1 Å². The summed E-state index contributed by atoms with van der Waals surface area (Å²) in [5, 5.41) is 24.9. The van der Waals surface area contributed by atoms with Crippen molar-refractivity contribution in [3.63, 3.8) is 0 Å². The number of sulfonamides is 1. The molecule has 0 aliphatic carbocycles. The molecule has 0 aliphatic rings. The van der Waals surface area contributed by atoms with E-state index >= 15 is 0 Å². The lowest BCUT2D eigenvalue weighted by Gasteiger charge is -2.12. The summed E-state index contributed by atoms with van der Waals surface area (Å²) in [7, 11) is -2.72. The van der Waals surface area contributed by atoms with Crippen LogP contribution >= 0.6 is 0 Å². The first-order chi connectivity index (χ1) is 14.8. The molecule has 0 unspecified atom stereocenters. The largest absolute Gasteiger partial charge is 0.507 e. The fourth-order valence-electron chi connectivity index (χ4n) is 2.58. The molecule has 10 nitrogen and oxygen atoms in total. The van der Waals surface area contributed by atoms with Gasteiger partial charge in [-0.1, -0.05) is 12.1 Å². The SMILES string of the molecule is COc1ccc(NS(=O)(=O)c2cc([N+](=O)[O-])ccc2NN=Cc2ccccc2O)cc1. The first-order valence-electron chi connectivity index (χ1n) is 8.82. The number of nitrogens with zero attached hydrogens (tertiary/aromatic N) is 2. The maximum atomic E-state index is 12.9. The van der Waals surface area contributed by atoms with Gasteiger partial charge < -0.3 is 9.84 Å². The van der Waals surface area contributed by atoms with E-state index in [1.54, 1.807) is 30.3 Å². The second-order valence-corrected chi connectivity index (χ2v) is 7.85. The number of hydrazone groups is 1. The van der Waals surface area contributed by atoms with Gasteiger partial charge in [-0.3, -0.25) is 20.3 Å². The molecule has 0 atom stereocenters. The molecular formula is C20H18N4O6S. The summed E-state index contributed by atoms with van der Waals surface area (Å²) >= 11 is 0. The first kappa shape index (κ1) is 21.6. The van der Waals surface area contributed by atoms with E-state index in [1.807, 2.05) is 0 Å². The highest BCUT2D eigenvalue weighted by Crippen LogP contribution is 2.29. The maximum absolute atomic E-state index is 12.9. The Morgan fingerprint density at radius 2 is 1.81 bits per heavy atom. The number of aromatic hydroxyl groups is 1. The minimum absolute atomic E-state index is 0.00855. The summed E-state index contributed by atoms with van der Waals surface area (Å²) in [6, 6.07) is 15.9. The van der Waals surface area contributed by atoms with Gasteiger partial charge in [-0.2, -0.15) is 5.10 Å². The van der Waals surface area contributed by atoms with E-state index in [0.29, 0.717) is 11.3 Å². The highest BCUT2D eigenvalue weighted by Gasteiger charge is 2.22. The first-order valence-corrected chi connectivity index (χ1v) is 10.3. The fraction of sp³-hybridized carbons (Fsp3) is 0.0500. The molecule has 3 rings (SSSR count). The number of hydrogen-bond donors (Lipinski definition) is 3. The molecule has 3 aromatic carbocycles. The summed E-state index contributed by atoms with van der Waals surface area (Å²) < 4.78 is 33.3. The number of phenols is 1. The third kappa shape index (κ3) is 5.28. The monoisotopic (exact) mass is 442 g/mol. The van der Waals surface area contributed by atoms with Crippen molar-refractivity contribution in [3.8, 4) is 11.5 Å². The molecule has 0 radical (unpaired) electrons. The van der Waals surface area contributed by atoms with Gasteiger partial charge in [-0.25, -0.2) is 8.42 Å². The van der Waals surface area contributed by atoms with E-state index in [1.165, 1.54) is 37.6 Å². The Balaban J connectivity index is 1.93. The average Bonchev–Trinajstić information content (AvgIpc) is 2.75. The highest BCUT2D eigenvalue weighted by atomic mass is 32.2. The van der Waals surface area contributed by atoms with Crippen LogP contribution in [-0.2, 0) is 10.0 Å². The van der Waals surface area contributed by atoms with Crippen LogP contribution in [0.1, 0.15) is 5.56 Å². The Hall–Kier alpha value is -4.12.